The Kier molecular flexibility index (Phi) is 3.92. The SMILES string of the molecule is Cc1cc(-c2nc3ccccc3s2)c(C)n1-c1sc2c(c1C#N)CCCC2. The van der Waals surface area contributed by atoms with Gasteiger partial charge < -0.3 is 4.57 Å². The Morgan fingerprint density at radius 1 is 1.11 bits per heavy atom. The van der Waals surface area contributed by atoms with E-state index in [2.05, 4.69) is 48.7 Å². The highest BCUT2D eigenvalue weighted by Crippen LogP contribution is 2.40. The molecule has 0 fully saturated rings. The van der Waals surface area contributed by atoms with E-state index in [1.807, 2.05) is 6.07 Å². The fourth-order valence-electron chi connectivity index (χ4n) is 4.10. The maximum atomic E-state index is 9.86. The van der Waals surface area contributed by atoms with E-state index < -0.39 is 0 Å². The van der Waals surface area contributed by atoms with Crippen LogP contribution in [0.25, 0.3) is 25.8 Å². The van der Waals surface area contributed by atoms with Crippen LogP contribution in [0.1, 0.15) is 40.2 Å². The smallest absolute Gasteiger partial charge is 0.126 e. The minimum Gasteiger partial charge on any atom is -0.308 e. The summed E-state index contributed by atoms with van der Waals surface area (Å²) in [6.45, 7) is 4.28. The lowest BCUT2D eigenvalue weighted by atomic mass is 9.96. The third-order valence-corrected chi connectivity index (χ3v) is 7.77. The topological polar surface area (TPSA) is 41.6 Å². The van der Waals surface area contributed by atoms with E-state index in [4.69, 9.17) is 4.98 Å². The van der Waals surface area contributed by atoms with Crippen molar-refractivity contribution in [3.05, 3.63) is 57.7 Å². The molecule has 0 unspecified atom stereocenters. The summed E-state index contributed by atoms with van der Waals surface area (Å²) in [7, 11) is 0. The van der Waals surface area contributed by atoms with Gasteiger partial charge in [0.25, 0.3) is 0 Å². The Morgan fingerprint density at radius 2 is 1.93 bits per heavy atom. The molecule has 0 radical (unpaired) electrons. The van der Waals surface area contributed by atoms with Crippen LogP contribution in [0.4, 0.5) is 0 Å². The number of hydrogen-bond acceptors (Lipinski definition) is 4. The number of rotatable bonds is 2. The van der Waals surface area contributed by atoms with Gasteiger partial charge in [-0.15, -0.1) is 22.7 Å². The molecule has 4 aromatic rings. The molecule has 0 bridgehead atoms. The Bertz CT molecular complexity index is 1180. The first-order valence-electron chi connectivity index (χ1n) is 9.27. The summed E-state index contributed by atoms with van der Waals surface area (Å²) in [5.74, 6) is 0. The lowest BCUT2D eigenvalue weighted by Crippen LogP contribution is -2.02. The van der Waals surface area contributed by atoms with Crippen LogP contribution in [0.3, 0.4) is 0 Å². The summed E-state index contributed by atoms with van der Waals surface area (Å²) in [6.07, 6.45) is 4.58. The third kappa shape index (κ3) is 2.55. The van der Waals surface area contributed by atoms with Gasteiger partial charge in [-0.3, -0.25) is 0 Å². The van der Waals surface area contributed by atoms with E-state index in [1.165, 1.54) is 39.2 Å². The summed E-state index contributed by atoms with van der Waals surface area (Å²) < 4.78 is 3.48. The van der Waals surface area contributed by atoms with E-state index in [0.717, 1.165) is 39.6 Å². The van der Waals surface area contributed by atoms with Crippen LogP contribution in [-0.2, 0) is 12.8 Å². The molecule has 1 aliphatic rings. The molecule has 27 heavy (non-hydrogen) atoms. The van der Waals surface area contributed by atoms with Gasteiger partial charge in [0.1, 0.15) is 16.1 Å². The standard InChI is InChI=1S/C22H19N3S2/c1-13-11-16(21-24-18-8-4-6-10-20(18)26-21)14(2)25(13)22-17(12-23)15-7-3-5-9-19(15)27-22/h4,6,8,10-11H,3,5,7,9H2,1-2H3. The second-order valence-corrected chi connectivity index (χ2v) is 9.22. The Labute approximate surface area is 166 Å². The minimum absolute atomic E-state index is 0.882. The number of aryl methyl sites for hydroxylation is 2. The van der Waals surface area contributed by atoms with E-state index in [9.17, 15) is 5.26 Å². The van der Waals surface area contributed by atoms with Gasteiger partial charge in [0.2, 0.25) is 0 Å². The predicted octanol–water partition coefficient (Wildman–Crippen LogP) is 6.18. The quantitative estimate of drug-likeness (QED) is 0.410. The molecule has 1 aliphatic carbocycles. The molecule has 0 saturated carbocycles. The van der Waals surface area contributed by atoms with Crippen molar-refractivity contribution >= 4 is 32.9 Å². The molecule has 0 atom stereocenters. The van der Waals surface area contributed by atoms with Gasteiger partial charge >= 0.3 is 0 Å². The summed E-state index contributed by atoms with van der Waals surface area (Å²) in [6, 6.07) is 13.0. The fraction of sp³-hybridized carbons (Fsp3) is 0.273. The summed E-state index contributed by atoms with van der Waals surface area (Å²) in [4.78, 5) is 6.25. The van der Waals surface area contributed by atoms with Gasteiger partial charge in [0, 0.05) is 21.8 Å². The van der Waals surface area contributed by atoms with E-state index in [-0.39, 0.29) is 0 Å². The molecule has 0 spiro atoms. The van der Waals surface area contributed by atoms with Crippen molar-refractivity contribution < 1.29 is 0 Å². The van der Waals surface area contributed by atoms with Crippen molar-refractivity contribution in [2.45, 2.75) is 39.5 Å². The molecule has 3 aromatic heterocycles. The van der Waals surface area contributed by atoms with Crippen molar-refractivity contribution in [1.29, 1.82) is 5.26 Å². The highest BCUT2D eigenvalue weighted by Gasteiger charge is 2.24. The van der Waals surface area contributed by atoms with Crippen molar-refractivity contribution in [2.24, 2.45) is 0 Å². The fourth-order valence-corrected chi connectivity index (χ4v) is 6.59. The minimum atomic E-state index is 0.882. The summed E-state index contributed by atoms with van der Waals surface area (Å²) in [5, 5.41) is 12.0. The number of nitriles is 1. The van der Waals surface area contributed by atoms with E-state index in [0.29, 0.717) is 0 Å². The number of para-hydroxylation sites is 1. The first-order valence-corrected chi connectivity index (χ1v) is 10.9. The first-order chi connectivity index (χ1) is 13.2. The van der Waals surface area contributed by atoms with Gasteiger partial charge in [0.05, 0.1) is 15.8 Å². The lowest BCUT2D eigenvalue weighted by molar-refractivity contribution is 0.695. The number of benzene rings is 1. The number of thiazole rings is 1. The summed E-state index contributed by atoms with van der Waals surface area (Å²) in [5.41, 5.74) is 6.72. The normalized spacial score (nSPS) is 13.7. The molecule has 0 amide bonds. The van der Waals surface area contributed by atoms with Crippen molar-refractivity contribution in [3.63, 3.8) is 0 Å². The molecule has 5 rings (SSSR count). The van der Waals surface area contributed by atoms with Crippen molar-refractivity contribution in [1.82, 2.24) is 9.55 Å². The van der Waals surface area contributed by atoms with Gasteiger partial charge in [-0.05, 0) is 63.3 Å². The largest absolute Gasteiger partial charge is 0.308 e. The molecule has 0 N–H and O–H groups in total. The number of hydrogen-bond donors (Lipinski definition) is 0. The van der Waals surface area contributed by atoms with E-state index >= 15 is 0 Å². The average molecular weight is 390 g/mol. The molecule has 3 nitrogen and oxygen atoms in total. The van der Waals surface area contributed by atoms with Crippen LogP contribution in [0.5, 0.6) is 0 Å². The van der Waals surface area contributed by atoms with Crippen molar-refractivity contribution in [3.8, 4) is 21.6 Å². The Hall–Kier alpha value is -2.42. The molecule has 1 aromatic carbocycles. The van der Waals surface area contributed by atoms with Gasteiger partial charge in [-0.1, -0.05) is 12.1 Å². The van der Waals surface area contributed by atoms with Crippen LogP contribution >= 0.6 is 22.7 Å². The molecular formula is C22H19N3S2. The van der Waals surface area contributed by atoms with Crippen LogP contribution < -0.4 is 0 Å². The third-order valence-electron chi connectivity index (χ3n) is 5.42. The number of aromatic nitrogens is 2. The first kappa shape index (κ1) is 16.7. The maximum Gasteiger partial charge on any atom is 0.126 e. The Morgan fingerprint density at radius 3 is 2.74 bits per heavy atom. The monoisotopic (exact) mass is 389 g/mol. The highest BCUT2D eigenvalue weighted by molar-refractivity contribution is 7.21. The highest BCUT2D eigenvalue weighted by atomic mass is 32.1. The van der Waals surface area contributed by atoms with Gasteiger partial charge in [-0.25, -0.2) is 4.98 Å². The number of thiophene rings is 1. The zero-order chi connectivity index (χ0) is 18.5. The second-order valence-electron chi connectivity index (χ2n) is 7.11. The van der Waals surface area contributed by atoms with Crippen LogP contribution in [-0.4, -0.2) is 9.55 Å². The summed E-state index contributed by atoms with van der Waals surface area (Å²) >= 11 is 3.54. The van der Waals surface area contributed by atoms with Crippen molar-refractivity contribution in [2.75, 3.05) is 0 Å². The van der Waals surface area contributed by atoms with Crippen LogP contribution in [0.15, 0.2) is 30.3 Å². The predicted molar refractivity (Wildman–Crippen MR) is 113 cm³/mol. The van der Waals surface area contributed by atoms with Gasteiger partial charge in [0.15, 0.2) is 0 Å². The maximum absolute atomic E-state index is 9.86. The zero-order valence-corrected chi connectivity index (χ0v) is 17.0. The second kappa shape index (κ2) is 6.33. The van der Waals surface area contributed by atoms with E-state index in [1.54, 1.807) is 22.7 Å². The average Bonchev–Trinajstić information content (AvgIpc) is 3.34. The number of nitrogens with zero attached hydrogens (tertiary/aromatic N) is 3. The van der Waals surface area contributed by atoms with Crippen LogP contribution in [0.2, 0.25) is 0 Å². The molecule has 134 valence electrons. The molecule has 3 heterocycles. The Balaban J connectivity index is 1.69. The molecule has 5 heteroatoms. The molecular weight excluding hydrogens is 370 g/mol. The zero-order valence-electron chi connectivity index (χ0n) is 15.4. The van der Waals surface area contributed by atoms with Gasteiger partial charge in [-0.2, -0.15) is 5.26 Å². The molecule has 0 saturated heterocycles. The lowest BCUT2D eigenvalue weighted by Gasteiger charge is -2.10. The molecule has 0 aliphatic heterocycles. The van der Waals surface area contributed by atoms with Crippen LogP contribution in [0, 0.1) is 25.2 Å². The number of fused-ring (bicyclic) bond motifs is 2.